The van der Waals surface area contributed by atoms with Gasteiger partial charge in [0, 0.05) is 33.4 Å². The van der Waals surface area contributed by atoms with Crippen LogP contribution in [0.5, 0.6) is 0 Å². The molecular formula is C14H15BrN2OS. The van der Waals surface area contributed by atoms with E-state index in [0.29, 0.717) is 18.7 Å². The number of thiophene rings is 1. The number of nitrogens with one attached hydrogen (secondary N) is 1. The first-order valence-corrected chi connectivity index (χ1v) is 7.66. The van der Waals surface area contributed by atoms with Crippen molar-refractivity contribution in [3.05, 3.63) is 56.2 Å². The summed E-state index contributed by atoms with van der Waals surface area (Å²) in [6.07, 6.45) is 0.850. The zero-order valence-electron chi connectivity index (χ0n) is 10.4. The van der Waals surface area contributed by atoms with E-state index in [1.165, 1.54) is 4.88 Å². The monoisotopic (exact) mass is 338 g/mol. The first-order valence-electron chi connectivity index (χ1n) is 5.99. The molecule has 0 aliphatic carbocycles. The van der Waals surface area contributed by atoms with E-state index in [0.717, 1.165) is 16.5 Å². The largest absolute Gasteiger partial charge is 0.352 e. The lowest BCUT2D eigenvalue weighted by Gasteiger charge is -2.05. The topological polar surface area (TPSA) is 55.1 Å². The number of amides is 1. The fraction of sp³-hybridized carbons (Fsp3) is 0.214. The van der Waals surface area contributed by atoms with Crippen LogP contribution in [0.2, 0.25) is 0 Å². The van der Waals surface area contributed by atoms with Crippen LogP contribution in [0.3, 0.4) is 0 Å². The number of carbonyl (C=O) groups is 1. The third kappa shape index (κ3) is 4.16. The van der Waals surface area contributed by atoms with Gasteiger partial charge >= 0.3 is 0 Å². The molecule has 0 fully saturated rings. The number of halogens is 1. The molecule has 19 heavy (non-hydrogen) atoms. The van der Waals surface area contributed by atoms with Gasteiger partial charge in [0.25, 0.3) is 5.91 Å². The van der Waals surface area contributed by atoms with E-state index in [-0.39, 0.29) is 5.91 Å². The van der Waals surface area contributed by atoms with Crippen molar-refractivity contribution in [2.75, 3.05) is 6.54 Å². The lowest BCUT2D eigenvalue weighted by atomic mass is 10.1. The molecule has 5 heteroatoms. The van der Waals surface area contributed by atoms with Crippen LogP contribution < -0.4 is 11.1 Å². The lowest BCUT2D eigenvalue weighted by Crippen LogP contribution is -2.25. The summed E-state index contributed by atoms with van der Waals surface area (Å²) >= 11 is 5.11. The quantitative estimate of drug-likeness (QED) is 0.880. The fourth-order valence-electron chi connectivity index (χ4n) is 1.68. The summed E-state index contributed by atoms with van der Waals surface area (Å²) in [5, 5.41) is 4.96. The van der Waals surface area contributed by atoms with Gasteiger partial charge < -0.3 is 11.1 Å². The molecular weight excluding hydrogens is 324 g/mol. The molecule has 0 atom stereocenters. The van der Waals surface area contributed by atoms with Gasteiger partial charge in [0.2, 0.25) is 0 Å². The molecule has 2 aromatic rings. The number of benzene rings is 1. The molecule has 1 aromatic heterocycles. The minimum Gasteiger partial charge on any atom is -0.352 e. The summed E-state index contributed by atoms with van der Waals surface area (Å²) in [4.78, 5) is 13.1. The first kappa shape index (κ1) is 14.2. The van der Waals surface area contributed by atoms with Gasteiger partial charge in [-0.15, -0.1) is 11.3 Å². The Morgan fingerprint density at radius 2 is 2.05 bits per heavy atom. The molecule has 0 spiro atoms. The Hall–Kier alpha value is -1.17. The highest BCUT2D eigenvalue weighted by Gasteiger charge is 2.05. The van der Waals surface area contributed by atoms with E-state index in [1.54, 1.807) is 23.5 Å². The van der Waals surface area contributed by atoms with Crippen molar-refractivity contribution in [2.24, 2.45) is 5.73 Å². The number of rotatable bonds is 5. The number of nitrogens with two attached hydrogens (primary N) is 1. The van der Waals surface area contributed by atoms with Gasteiger partial charge in [-0.05, 0) is 46.1 Å². The van der Waals surface area contributed by atoms with E-state index in [9.17, 15) is 4.79 Å². The molecule has 1 heterocycles. The normalized spacial score (nSPS) is 10.4. The third-order valence-electron chi connectivity index (χ3n) is 2.73. The van der Waals surface area contributed by atoms with E-state index in [2.05, 4.69) is 27.3 Å². The standard InChI is InChI=1S/C14H15BrN2OS/c15-12-7-13(19-9-12)5-6-17-14(18)11-3-1-10(8-16)2-4-11/h1-4,7,9H,5-6,8,16H2,(H,17,18). The molecule has 0 saturated carbocycles. The SMILES string of the molecule is NCc1ccc(C(=O)NCCc2cc(Br)cs2)cc1. The predicted octanol–water partition coefficient (Wildman–Crippen LogP) is 2.94. The van der Waals surface area contributed by atoms with Gasteiger partial charge in [-0.1, -0.05) is 12.1 Å². The van der Waals surface area contributed by atoms with Crippen LogP contribution >= 0.6 is 27.3 Å². The van der Waals surface area contributed by atoms with Crippen molar-refractivity contribution < 1.29 is 4.79 Å². The van der Waals surface area contributed by atoms with Crippen LogP contribution in [0.1, 0.15) is 20.8 Å². The molecule has 100 valence electrons. The average molecular weight is 339 g/mol. The smallest absolute Gasteiger partial charge is 0.251 e. The zero-order valence-corrected chi connectivity index (χ0v) is 12.8. The Morgan fingerprint density at radius 1 is 1.32 bits per heavy atom. The van der Waals surface area contributed by atoms with Gasteiger partial charge in [-0.3, -0.25) is 4.79 Å². The molecule has 3 nitrogen and oxygen atoms in total. The summed E-state index contributed by atoms with van der Waals surface area (Å²) in [7, 11) is 0. The molecule has 0 radical (unpaired) electrons. The van der Waals surface area contributed by atoms with Crippen molar-refractivity contribution in [3.63, 3.8) is 0 Å². The van der Waals surface area contributed by atoms with Gasteiger partial charge in [0.05, 0.1) is 0 Å². The van der Waals surface area contributed by atoms with Gasteiger partial charge in [-0.2, -0.15) is 0 Å². The second-order valence-electron chi connectivity index (χ2n) is 4.14. The Balaban J connectivity index is 1.83. The molecule has 0 bridgehead atoms. The molecule has 2 rings (SSSR count). The second kappa shape index (κ2) is 6.84. The highest BCUT2D eigenvalue weighted by Crippen LogP contribution is 2.19. The fourth-order valence-corrected chi connectivity index (χ4v) is 3.13. The number of hydrogen-bond donors (Lipinski definition) is 2. The number of hydrogen-bond acceptors (Lipinski definition) is 3. The summed E-state index contributed by atoms with van der Waals surface area (Å²) in [6.45, 7) is 1.14. The highest BCUT2D eigenvalue weighted by atomic mass is 79.9. The van der Waals surface area contributed by atoms with Crippen molar-refractivity contribution in [2.45, 2.75) is 13.0 Å². The zero-order chi connectivity index (χ0) is 13.7. The maximum absolute atomic E-state index is 11.9. The summed E-state index contributed by atoms with van der Waals surface area (Å²) in [5.74, 6) is -0.0424. The Kier molecular flexibility index (Phi) is 5.13. The summed E-state index contributed by atoms with van der Waals surface area (Å²) in [5.41, 5.74) is 7.22. The Morgan fingerprint density at radius 3 is 2.63 bits per heavy atom. The van der Waals surface area contributed by atoms with Crippen molar-refractivity contribution in [1.29, 1.82) is 0 Å². The molecule has 0 saturated heterocycles. The van der Waals surface area contributed by atoms with E-state index < -0.39 is 0 Å². The molecule has 0 unspecified atom stereocenters. The van der Waals surface area contributed by atoms with Crippen molar-refractivity contribution in [3.8, 4) is 0 Å². The Bertz CT molecular complexity index is 551. The molecule has 1 aromatic carbocycles. The van der Waals surface area contributed by atoms with E-state index in [1.807, 2.05) is 17.5 Å². The molecule has 0 aliphatic rings. The molecule has 0 aliphatic heterocycles. The second-order valence-corrected chi connectivity index (χ2v) is 6.05. The molecule has 1 amide bonds. The maximum Gasteiger partial charge on any atom is 0.251 e. The minimum absolute atomic E-state index is 0.0424. The van der Waals surface area contributed by atoms with Gasteiger partial charge in [0.1, 0.15) is 0 Å². The van der Waals surface area contributed by atoms with E-state index in [4.69, 9.17) is 5.73 Å². The predicted molar refractivity (Wildman–Crippen MR) is 82.4 cm³/mol. The Labute approximate surface area is 125 Å². The van der Waals surface area contributed by atoms with Crippen LogP contribution in [0.15, 0.2) is 40.2 Å². The van der Waals surface area contributed by atoms with Crippen LogP contribution in [0.4, 0.5) is 0 Å². The third-order valence-corrected chi connectivity index (χ3v) is 4.49. The summed E-state index contributed by atoms with van der Waals surface area (Å²) in [6, 6.07) is 9.45. The van der Waals surface area contributed by atoms with Crippen LogP contribution in [0, 0.1) is 0 Å². The van der Waals surface area contributed by atoms with E-state index >= 15 is 0 Å². The average Bonchev–Trinajstić information content (AvgIpc) is 2.84. The number of carbonyl (C=O) groups excluding carboxylic acids is 1. The van der Waals surface area contributed by atoms with Crippen molar-refractivity contribution in [1.82, 2.24) is 5.32 Å². The lowest BCUT2D eigenvalue weighted by molar-refractivity contribution is 0.0954. The summed E-state index contributed by atoms with van der Waals surface area (Å²) < 4.78 is 1.09. The van der Waals surface area contributed by atoms with Crippen LogP contribution in [-0.4, -0.2) is 12.5 Å². The first-order chi connectivity index (χ1) is 9.19. The maximum atomic E-state index is 11.9. The van der Waals surface area contributed by atoms with Gasteiger partial charge in [-0.25, -0.2) is 0 Å². The highest BCUT2D eigenvalue weighted by molar-refractivity contribution is 9.10. The molecule has 3 N–H and O–H groups in total. The van der Waals surface area contributed by atoms with Crippen LogP contribution in [0.25, 0.3) is 0 Å². The minimum atomic E-state index is -0.0424. The van der Waals surface area contributed by atoms with Crippen molar-refractivity contribution >= 4 is 33.2 Å². The van der Waals surface area contributed by atoms with Gasteiger partial charge in [0.15, 0.2) is 0 Å². The van der Waals surface area contributed by atoms with Crippen LogP contribution in [-0.2, 0) is 13.0 Å².